The summed E-state index contributed by atoms with van der Waals surface area (Å²) in [7, 11) is 0. The molecule has 0 aromatic carbocycles. The van der Waals surface area contributed by atoms with Crippen LogP contribution in [0.3, 0.4) is 0 Å². The zero-order valence-corrected chi connectivity index (χ0v) is 9.84. The van der Waals surface area contributed by atoms with Crippen LogP contribution in [-0.2, 0) is 0 Å². The number of nitro groups is 1. The van der Waals surface area contributed by atoms with E-state index in [0.717, 1.165) is 18.5 Å². The topological polar surface area (TPSA) is 114 Å². The third-order valence-electron chi connectivity index (χ3n) is 1.84. The third kappa shape index (κ3) is 3.81. The zero-order chi connectivity index (χ0) is 13.7. The first-order valence-electron chi connectivity index (χ1n) is 5.11. The molecule has 0 aliphatic carbocycles. The Morgan fingerprint density at radius 2 is 2.06 bits per heavy atom. The van der Waals surface area contributed by atoms with Gasteiger partial charge in [0.2, 0.25) is 0 Å². The lowest BCUT2D eigenvalue weighted by molar-refractivity contribution is -0.385. The fourth-order valence-electron chi connectivity index (χ4n) is 1.13. The largest absolute Gasteiger partial charge is 0.336 e. The summed E-state index contributed by atoms with van der Waals surface area (Å²) in [6.07, 6.45) is 2.16. The molecule has 8 heteroatoms. The van der Waals surface area contributed by atoms with Crippen LogP contribution in [0.4, 0.5) is 10.5 Å². The predicted molar refractivity (Wildman–Crippen MR) is 62.0 cm³/mol. The van der Waals surface area contributed by atoms with Crippen LogP contribution in [-0.4, -0.2) is 27.9 Å². The molecule has 96 valence electrons. The van der Waals surface area contributed by atoms with Crippen LogP contribution < -0.4 is 10.6 Å². The Hall–Kier alpha value is -2.51. The van der Waals surface area contributed by atoms with Crippen molar-refractivity contribution >= 4 is 17.6 Å². The van der Waals surface area contributed by atoms with Crippen LogP contribution in [0.2, 0.25) is 0 Å². The van der Waals surface area contributed by atoms with E-state index in [-0.39, 0.29) is 17.3 Å². The first-order chi connectivity index (χ1) is 8.40. The maximum absolute atomic E-state index is 11.6. The summed E-state index contributed by atoms with van der Waals surface area (Å²) in [5.74, 6) is -0.746. The van der Waals surface area contributed by atoms with Gasteiger partial charge in [-0.2, -0.15) is 0 Å². The van der Waals surface area contributed by atoms with E-state index in [1.54, 1.807) is 13.8 Å². The average molecular weight is 252 g/mol. The highest BCUT2D eigenvalue weighted by molar-refractivity contribution is 6.04. The number of hydrogen-bond acceptors (Lipinski definition) is 5. The van der Waals surface area contributed by atoms with Crippen molar-refractivity contribution in [2.24, 2.45) is 0 Å². The molecule has 2 N–H and O–H groups in total. The van der Waals surface area contributed by atoms with E-state index in [2.05, 4.69) is 10.3 Å². The fraction of sp³-hybridized carbons (Fsp3) is 0.300. The van der Waals surface area contributed by atoms with E-state index in [9.17, 15) is 19.7 Å². The van der Waals surface area contributed by atoms with Gasteiger partial charge in [0.1, 0.15) is 6.20 Å². The van der Waals surface area contributed by atoms with Crippen LogP contribution >= 0.6 is 0 Å². The van der Waals surface area contributed by atoms with E-state index in [1.165, 1.54) is 0 Å². The molecule has 1 aromatic heterocycles. The van der Waals surface area contributed by atoms with E-state index in [1.807, 2.05) is 5.32 Å². The number of nitrogens with zero attached hydrogens (tertiary/aromatic N) is 2. The van der Waals surface area contributed by atoms with Gasteiger partial charge in [-0.3, -0.25) is 25.2 Å². The molecule has 0 saturated carbocycles. The minimum Gasteiger partial charge on any atom is -0.336 e. The van der Waals surface area contributed by atoms with Gasteiger partial charge in [-0.05, 0) is 13.8 Å². The van der Waals surface area contributed by atoms with Crippen LogP contribution in [0, 0.1) is 10.1 Å². The number of rotatable bonds is 3. The molecule has 1 rings (SSSR count). The van der Waals surface area contributed by atoms with Crippen LogP contribution in [0.15, 0.2) is 18.5 Å². The van der Waals surface area contributed by atoms with Gasteiger partial charge in [-0.15, -0.1) is 0 Å². The van der Waals surface area contributed by atoms with Crippen molar-refractivity contribution in [3.63, 3.8) is 0 Å². The van der Waals surface area contributed by atoms with Crippen LogP contribution in [0.1, 0.15) is 24.2 Å². The predicted octanol–water partition coefficient (Wildman–Crippen LogP) is 0.838. The molecule has 0 bridgehead atoms. The summed E-state index contributed by atoms with van der Waals surface area (Å²) in [5.41, 5.74) is -0.366. The Kier molecular flexibility index (Phi) is 4.30. The Balaban J connectivity index is 2.75. The molecule has 0 aliphatic heterocycles. The van der Waals surface area contributed by atoms with E-state index in [0.29, 0.717) is 0 Å². The Morgan fingerprint density at radius 1 is 1.39 bits per heavy atom. The van der Waals surface area contributed by atoms with Gasteiger partial charge in [0.25, 0.3) is 11.6 Å². The molecule has 0 unspecified atom stereocenters. The molecular weight excluding hydrogens is 240 g/mol. The Labute approximate surface area is 103 Å². The summed E-state index contributed by atoms with van der Waals surface area (Å²) in [5, 5.41) is 15.0. The highest BCUT2D eigenvalue weighted by Crippen LogP contribution is 2.10. The molecule has 0 aliphatic rings. The standard InChI is InChI=1S/C10H12N4O4/c1-6(2)12-10(16)13-9(15)7-3-8(14(17)18)5-11-4-7/h3-6H,1-2H3,(H2,12,13,15,16). The number of nitrogens with one attached hydrogen (secondary N) is 2. The molecule has 0 atom stereocenters. The lowest BCUT2D eigenvalue weighted by Gasteiger charge is -2.08. The number of aromatic nitrogens is 1. The summed E-state index contributed by atoms with van der Waals surface area (Å²) in [4.78, 5) is 36.2. The lowest BCUT2D eigenvalue weighted by atomic mass is 10.2. The van der Waals surface area contributed by atoms with E-state index in [4.69, 9.17) is 0 Å². The highest BCUT2D eigenvalue weighted by atomic mass is 16.6. The summed E-state index contributed by atoms with van der Waals surface area (Å²) < 4.78 is 0. The number of carbonyl (C=O) groups is 2. The molecule has 0 radical (unpaired) electrons. The lowest BCUT2D eigenvalue weighted by Crippen LogP contribution is -2.42. The normalized spacial score (nSPS) is 9.94. The maximum Gasteiger partial charge on any atom is 0.321 e. The van der Waals surface area contributed by atoms with E-state index >= 15 is 0 Å². The van der Waals surface area contributed by atoms with Crippen molar-refractivity contribution in [3.8, 4) is 0 Å². The SMILES string of the molecule is CC(C)NC(=O)NC(=O)c1cncc([N+](=O)[O-])c1. The Morgan fingerprint density at radius 3 is 2.61 bits per heavy atom. The van der Waals surface area contributed by atoms with Gasteiger partial charge in [0.15, 0.2) is 0 Å². The van der Waals surface area contributed by atoms with Crippen molar-refractivity contribution in [2.75, 3.05) is 0 Å². The maximum atomic E-state index is 11.6. The smallest absolute Gasteiger partial charge is 0.321 e. The number of urea groups is 1. The molecule has 18 heavy (non-hydrogen) atoms. The van der Waals surface area contributed by atoms with Crippen molar-refractivity contribution in [1.29, 1.82) is 0 Å². The molecule has 0 fully saturated rings. The van der Waals surface area contributed by atoms with Gasteiger partial charge < -0.3 is 5.32 Å². The van der Waals surface area contributed by atoms with Crippen molar-refractivity contribution in [3.05, 3.63) is 34.1 Å². The first-order valence-corrected chi connectivity index (χ1v) is 5.11. The molecule has 0 saturated heterocycles. The molecule has 0 spiro atoms. The number of amides is 3. The summed E-state index contributed by atoms with van der Waals surface area (Å²) in [6, 6.07) is 0.257. The zero-order valence-electron chi connectivity index (χ0n) is 9.84. The van der Waals surface area contributed by atoms with Gasteiger partial charge in [-0.25, -0.2) is 4.79 Å². The monoisotopic (exact) mass is 252 g/mol. The molecule has 8 nitrogen and oxygen atoms in total. The third-order valence-corrected chi connectivity index (χ3v) is 1.84. The molecule has 1 heterocycles. The summed E-state index contributed by atoms with van der Waals surface area (Å²) in [6.45, 7) is 3.47. The number of hydrogen-bond donors (Lipinski definition) is 2. The van der Waals surface area contributed by atoms with Crippen molar-refractivity contribution in [2.45, 2.75) is 19.9 Å². The highest BCUT2D eigenvalue weighted by Gasteiger charge is 2.14. The summed E-state index contributed by atoms with van der Waals surface area (Å²) >= 11 is 0. The minimum absolute atomic E-state index is 0.0527. The fourth-order valence-corrected chi connectivity index (χ4v) is 1.13. The first kappa shape index (κ1) is 13.6. The molecule has 1 aromatic rings. The molecule has 3 amide bonds. The van der Waals surface area contributed by atoms with Gasteiger partial charge in [0, 0.05) is 18.3 Å². The second-order valence-electron chi connectivity index (χ2n) is 3.77. The number of imide groups is 1. The van der Waals surface area contributed by atoms with Gasteiger partial charge in [-0.1, -0.05) is 0 Å². The average Bonchev–Trinajstić information content (AvgIpc) is 2.27. The number of pyridine rings is 1. The second-order valence-corrected chi connectivity index (χ2v) is 3.77. The quantitative estimate of drug-likeness (QED) is 0.611. The second kappa shape index (κ2) is 5.71. The molecular formula is C10H12N4O4. The van der Waals surface area contributed by atoms with Gasteiger partial charge >= 0.3 is 6.03 Å². The van der Waals surface area contributed by atoms with Crippen LogP contribution in [0.25, 0.3) is 0 Å². The Bertz CT molecular complexity index is 487. The van der Waals surface area contributed by atoms with Crippen molar-refractivity contribution in [1.82, 2.24) is 15.6 Å². The van der Waals surface area contributed by atoms with E-state index < -0.39 is 16.9 Å². The van der Waals surface area contributed by atoms with Crippen molar-refractivity contribution < 1.29 is 14.5 Å². The van der Waals surface area contributed by atoms with Gasteiger partial charge in [0.05, 0.1) is 10.5 Å². The number of carbonyl (C=O) groups excluding carboxylic acids is 2. The minimum atomic E-state index is -0.746. The van der Waals surface area contributed by atoms with Crippen LogP contribution in [0.5, 0.6) is 0 Å².